The first-order chi connectivity index (χ1) is 7.68. The Labute approximate surface area is 94.8 Å². The van der Waals surface area contributed by atoms with Gasteiger partial charge in [-0.15, -0.1) is 0 Å². The summed E-state index contributed by atoms with van der Waals surface area (Å²) < 4.78 is 0. The Hall–Kier alpha value is -1.36. The molecule has 0 aliphatic heterocycles. The minimum atomic E-state index is -0.266. The number of rotatable bonds is 4. The number of carbonyl (C=O) groups excluding carboxylic acids is 1. The summed E-state index contributed by atoms with van der Waals surface area (Å²) in [6, 6.07) is 1.84. The monoisotopic (exact) mass is 222 g/mol. The van der Waals surface area contributed by atoms with Gasteiger partial charge in [0, 0.05) is 18.2 Å². The maximum atomic E-state index is 11.7. The molecule has 1 fully saturated rings. The highest BCUT2D eigenvalue weighted by Gasteiger charge is 2.31. The molecule has 1 saturated carbocycles. The molecule has 1 amide bonds. The molecule has 16 heavy (non-hydrogen) atoms. The number of hydrogen-bond donors (Lipinski definition) is 3. The van der Waals surface area contributed by atoms with Crippen LogP contribution in [0.5, 0.6) is 0 Å². The lowest BCUT2D eigenvalue weighted by Gasteiger charge is -2.22. The molecule has 1 aliphatic carbocycles. The van der Waals surface area contributed by atoms with Crippen LogP contribution >= 0.6 is 0 Å². The average molecular weight is 222 g/mol. The van der Waals surface area contributed by atoms with E-state index in [2.05, 4.69) is 15.5 Å². The summed E-state index contributed by atoms with van der Waals surface area (Å²) in [5, 5.41) is 9.46. The molecule has 0 bridgehead atoms. The van der Waals surface area contributed by atoms with Gasteiger partial charge in [0.2, 0.25) is 5.91 Å². The Morgan fingerprint density at radius 3 is 2.94 bits per heavy atom. The van der Waals surface area contributed by atoms with Crippen molar-refractivity contribution in [3.05, 3.63) is 18.0 Å². The van der Waals surface area contributed by atoms with Crippen LogP contribution in [0.15, 0.2) is 12.3 Å². The Bertz CT molecular complexity index is 341. The maximum absolute atomic E-state index is 11.7. The lowest BCUT2D eigenvalue weighted by molar-refractivity contribution is -0.122. The van der Waals surface area contributed by atoms with E-state index in [1.807, 2.05) is 6.07 Å². The number of nitrogens with one attached hydrogen (secondary N) is 2. The van der Waals surface area contributed by atoms with Crippen molar-refractivity contribution < 1.29 is 4.79 Å². The normalized spacial score (nSPS) is 18.6. The van der Waals surface area contributed by atoms with Crippen molar-refractivity contribution in [3.8, 4) is 0 Å². The Morgan fingerprint density at radius 2 is 2.31 bits per heavy atom. The van der Waals surface area contributed by atoms with Gasteiger partial charge in [-0.2, -0.15) is 5.10 Å². The molecule has 0 spiro atoms. The molecule has 1 heterocycles. The number of aromatic nitrogens is 2. The summed E-state index contributed by atoms with van der Waals surface area (Å²) in [6.45, 7) is 0.495. The predicted molar refractivity (Wildman–Crippen MR) is 60.4 cm³/mol. The Morgan fingerprint density at radius 1 is 1.56 bits per heavy atom. The Kier molecular flexibility index (Phi) is 3.24. The highest BCUT2D eigenvalue weighted by Crippen LogP contribution is 2.29. The summed E-state index contributed by atoms with van der Waals surface area (Å²) >= 11 is 0. The van der Waals surface area contributed by atoms with E-state index < -0.39 is 0 Å². The highest BCUT2D eigenvalue weighted by atomic mass is 16.1. The second-order valence-corrected chi connectivity index (χ2v) is 4.60. The van der Waals surface area contributed by atoms with Crippen LogP contribution in [0.25, 0.3) is 0 Å². The fraction of sp³-hybridized carbons (Fsp3) is 0.636. The van der Waals surface area contributed by atoms with Crippen molar-refractivity contribution in [3.63, 3.8) is 0 Å². The van der Waals surface area contributed by atoms with Crippen LogP contribution in [0, 0.1) is 0 Å². The molecule has 0 aromatic carbocycles. The first-order valence-corrected chi connectivity index (χ1v) is 5.72. The molecular weight excluding hydrogens is 204 g/mol. The van der Waals surface area contributed by atoms with Crippen LogP contribution in [0.4, 0.5) is 0 Å². The van der Waals surface area contributed by atoms with E-state index in [1.54, 1.807) is 6.20 Å². The number of nitrogens with zero attached hydrogens (tertiary/aromatic N) is 1. The number of carbonyl (C=O) groups is 1. The fourth-order valence-corrected chi connectivity index (χ4v) is 2.22. The number of H-pyrrole nitrogens is 1. The summed E-state index contributed by atoms with van der Waals surface area (Å²) in [7, 11) is 0. The smallest absolute Gasteiger partial charge is 0.222 e. The Balaban J connectivity index is 1.76. The largest absolute Gasteiger partial charge is 0.350 e. The van der Waals surface area contributed by atoms with Gasteiger partial charge in [-0.25, -0.2) is 0 Å². The van der Waals surface area contributed by atoms with Crippen LogP contribution in [0.2, 0.25) is 0 Å². The lowest BCUT2D eigenvalue weighted by atomic mass is 9.94. The molecule has 0 radical (unpaired) electrons. The summed E-state index contributed by atoms with van der Waals surface area (Å²) in [4.78, 5) is 11.7. The zero-order chi connectivity index (χ0) is 11.4. The second-order valence-electron chi connectivity index (χ2n) is 4.60. The number of hydrogen-bond acceptors (Lipinski definition) is 3. The summed E-state index contributed by atoms with van der Waals surface area (Å²) in [6.07, 6.45) is 6.31. The van der Waals surface area contributed by atoms with Crippen molar-refractivity contribution in [1.29, 1.82) is 0 Å². The van der Waals surface area contributed by atoms with Crippen molar-refractivity contribution in [2.24, 2.45) is 5.73 Å². The van der Waals surface area contributed by atoms with Gasteiger partial charge in [0.15, 0.2) is 0 Å². The van der Waals surface area contributed by atoms with E-state index in [0.717, 1.165) is 31.4 Å². The molecule has 2 rings (SSSR count). The van der Waals surface area contributed by atoms with Crippen LogP contribution in [-0.2, 0) is 11.3 Å². The molecule has 88 valence electrons. The maximum Gasteiger partial charge on any atom is 0.222 e. The lowest BCUT2D eigenvalue weighted by Crippen LogP contribution is -2.42. The van der Waals surface area contributed by atoms with Crippen LogP contribution < -0.4 is 11.1 Å². The standard InChI is InChI=1S/C11H18N4O/c12-11(4-1-2-5-11)7-10(16)13-8-9-3-6-14-15-9/h3,6H,1-2,4-5,7-8,12H2,(H,13,16)(H,14,15). The zero-order valence-corrected chi connectivity index (χ0v) is 9.33. The molecule has 0 atom stereocenters. The third-order valence-corrected chi connectivity index (χ3v) is 3.15. The van der Waals surface area contributed by atoms with Crippen molar-refractivity contribution >= 4 is 5.91 Å². The van der Waals surface area contributed by atoms with Crippen LogP contribution in [0.3, 0.4) is 0 Å². The third kappa shape index (κ3) is 2.82. The highest BCUT2D eigenvalue weighted by molar-refractivity contribution is 5.77. The summed E-state index contributed by atoms with van der Waals surface area (Å²) in [5.74, 6) is 0.0269. The topological polar surface area (TPSA) is 83.8 Å². The van der Waals surface area contributed by atoms with Gasteiger partial charge in [0.25, 0.3) is 0 Å². The van der Waals surface area contributed by atoms with Gasteiger partial charge in [0.1, 0.15) is 0 Å². The van der Waals surface area contributed by atoms with Crippen LogP contribution in [-0.4, -0.2) is 21.6 Å². The molecular formula is C11H18N4O. The second kappa shape index (κ2) is 4.65. The van der Waals surface area contributed by atoms with Crippen molar-refractivity contribution in [2.45, 2.75) is 44.2 Å². The molecule has 1 aromatic heterocycles. The first-order valence-electron chi connectivity index (χ1n) is 5.72. The molecule has 0 unspecified atom stereocenters. The quantitative estimate of drug-likeness (QED) is 0.700. The minimum Gasteiger partial charge on any atom is -0.350 e. The zero-order valence-electron chi connectivity index (χ0n) is 9.33. The van der Waals surface area contributed by atoms with Gasteiger partial charge < -0.3 is 11.1 Å². The minimum absolute atomic E-state index is 0.0269. The van der Waals surface area contributed by atoms with Crippen molar-refractivity contribution in [1.82, 2.24) is 15.5 Å². The molecule has 1 aromatic rings. The van der Waals surface area contributed by atoms with Crippen molar-refractivity contribution in [2.75, 3.05) is 0 Å². The number of nitrogens with two attached hydrogens (primary N) is 1. The fourth-order valence-electron chi connectivity index (χ4n) is 2.22. The first kappa shape index (κ1) is 11.1. The molecule has 1 aliphatic rings. The number of amides is 1. The van der Waals surface area contributed by atoms with E-state index in [-0.39, 0.29) is 11.4 Å². The van der Waals surface area contributed by atoms with Gasteiger partial charge in [0.05, 0.1) is 12.2 Å². The van der Waals surface area contributed by atoms with Gasteiger partial charge >= 0.3 is 0 Å². The van der Waals surface area contributed by atoms with E-state index >= 15 is 0 Å². The van der Waals surface area contributed by atoms with Crippen LogP contribution in [0.1, 0.15) is 37.8 Å². The SMILES string of the molecule is NC1(CC(=O)NCc2ccn[nH]2)CCCC1. The van der Waals surface area contributed by atoms with E-state index in [9.17, 15) is 4.79 Å². The molecule has 5 heteroatoms. The molecule has 4 N–H and O–H groups in total. The van der Waals surface area contributed by atoms with Gasteiger partial charge in [-0.3, -0.25) is 9.89 Å². The van der Waals surface area contributed by atoms with E-state index in [4.69, 9.17) is 5.73 Å². The van der Waals surface area contributed by atoms with E-state index in [0.29, 0.717) is 13.0 Å². The molecule has 5 nitrogen and oxygen atoms in total. The predicted octanol–water partition coefficient (Wildman–Crippen LogP) is 0.687. The average Bonchev–Trinajstić information content (AvgIpc) is 2.86. The van der Waals surface area contributed by atoms with Gasteiger partial charge in [-0.1, -0.05) is 12.8 Å². The number of aromatic amines is 1. The third-order valence-electron chi connectivity index (χ3n) is 3.15. The van der Waals surface area contributed by atoms with Gasteiger partial charge in [-0.05, 0) is 18.9 Å². The summed E-state index contributed by atoms with van der Waals surface area (Å²) in [5.41, 5.74) is 6.77. The van der Waals surface area contributed by atoms with E-state index in [1.165, 1.54) is 0 Å². The molecule has 0 saturated heterocycles.